The maximum absolute atomic E-state index is 12.7. The van der Waals surface area contributed by atoms with E-state index in [4.69, 9.17) is 0 Å². The van der Waals surface area contributed by atoms with Gasteiger partial charge in [-0.2, -0.15) is 4.31 Å². The lowest BCUT2D eigenvalue weighted by atomic mass is 10.0. The monoisotopic (exact) mass is 279 g/mol. The van der Waals surface area contributed by atoms with E-state index in [-0.39, 0.29) is 0 Å². The molecule has 2 aliphatic rings. The summed E-state index contributed by atoms with van der Waals surface area (Å²) in [5.74, 6) is 1.12. The lowest BCUT2D eigenvalue weighted by Crippen LogP contribution is -2.37. The highest BCUT2D eigenvalue weighted by atomic mass is 32.2. The Kier molecular flexibility index (Phi) is 3.63. The summed E-state index contributed by atoms with van der Waals surface area (Å²) in [4.78, 5) is 0.440. The number of hydrogen-bond donors (Lipinski definition) is 0. The Hall–Kier alpha value is -0.870. The first-order valence-electron chi connectivity index (χ1n) is 7.21. The third kappa shape index (κ3) is 2.70. The van der Waals surface area contributed by atoms with E-state index >= 15 is 0 Å². The number of nitrogens with zero attached hydrogens (tertiary/aromatic N) is 1. The second-order valence-corrected chi connectivity index (χ2v) is 7.81. The Bertz CT molecular complexity index is 512. The maximum atomic E-state index is 12.7. The second kappa shape index (κ2) is 5.25. The molecule has 2 fully saturated rings. The summed E-state index contributed by atoms with van der Waals surface area (Å²) in [6.45, 7) is 1.43. The molecule has 3 nitrogen and oxygen atoms in total. The molecule has 1 saturated heterocycles. The standard InChI is InChI=1S/C15H21NO2S/c17-19(18,15-7-2-1-3-8-15)16-11-13-5-4-6-14(12-16)10-9-13/h1-3,7-8,13-14H,4-6,9-12H2/t13-,14-/m0/s1. The number of rotatable bonds is 2. The fraction of sp³-hybridized carbons (Fsp3) is 0.600. The second-order valence-electron chi connectivity index (χ2n) is 5.88. The molecule has 1 aromatic rings. The van der Waals surface area contributed by atoms with Gasteiger partial charge in [-0.25, -0.2) is 8.42 Å². The molecule has 19 heavy (non-hydrogen) atoms. The minimum Gasteiger partial charge on any atom is -0.207 e. The van der Waals surface area contributed by atoms with E-state index in [2.05, 4.69) is 0 Å². The van der Waals surface area contributed by atoms with Crippen molar-refractivity contribution in [2.24, 2.45) is 11.8 Å². The van der Waals surface area contributed by atoms with Gasteiger partial charge in [0.2, 0.25) is 10.0 Å². The minimum atomic E-state index is -3.29. The van der Waals surface area contributed by atoms with Crippen LogP contribution in [-0.2, 0) is 10.0 Å². The first kappa shape index (κ1) is 13.1. The SMILES string of the molecule is O=S(=O)(c1ccccc1)N1C[C@H]2CCC[C@@H](CC2)C1. The van der Waals surface area contributed by atoms with E-state index in [1.54, 1.807) is 28.6 Å². The fourth-order valence-corrected chi connectivity index (χ4v) is 5.02. The Labute approximate surface area is 115 Å². The summed E-state index contributed by atoms with van der Waals surface area (Å²) in [6.07, 6.45) is 6.06. The van der Waals surface area contributed by atoms with Gasteiger partial charge in [0.15, 0.2) is 0 Å². The van der Waals surface area contributed by atoms with Crippen molar-refractivity contribution in [2.75, 3.05) is 13.1 Å². The summed E-state index contributed by atoms with van der Waals surface area (Å²) in [7, 11) is -3.29. The average Bonchev–Trinajstić information content (AvgIpc) is 2.73. The van der Waals surface area contributed by atoms with Crippen LogP contribution in [0.3, 0.4) is 0 Å². The van der Waals surface area contributed by atoms with Crippen LogP contribution < -0.4 is 0 Å². The van der Waals surface area contributed by atoms with Crippen molar-refractivity contribution in [2.45, 2.75) is 37.0 Å². The highest BCUT2D eigenvalue weighted by Crippen LogP contribution is 2.34. The van der Waals surface area contributed by atoms with Crippen molar-refractivity contribution in [1.29, 1.82) is 0 Å². The molecule has 2 atom stereocenters. The molecule has 0 amide bonds. The van der Waals surface area contributed by atoms with Crippen LogP contribution in [0.15, 0.2) is 35.2 Å². The summed E-state index contributed by atoms with van der Waals surface area (Å²) in [6, 6.07) is 8.86. The zero-order valence-electron chi connectivity index (χ0n) is 11.2. The van der Waals surface area contributed by atoms with E-state index in [0.29, 0.717) is 29.8 Å². The van der Waals surface area contributed by atoms with E-state index in [9.17, 15) is 8.42 Å². The molecule has 0 aromatic heterocycles. The zero-order valence-corrected chi connectivity index (χ0v) is 12.0. The van der Waals surface area contributed by atoms with Crippen LogP contribution >= 0.6 is 0 Å². The van der Waals surface area contributed by atoms with Crippen molar-refractivity contribution >= 4 is 10.0 Å². The van der Waals surface area contributed by atoms with Gasteiger partial charge in [0.1, 0.15) is 0 Å². The Morgan fingerprint density at radius 3 is 2.05 bits per heavy atom. The molecule has 2 bridgehead atoms. The van der Waals surface area contributed by atoms with Crippen molar-refractivity contribution in [1.82, 2.24) is 4.31 Å². The predicted octanol–water partition coefficient (Wildman–Crippen LogP) is 2.89. The third-order valence-corrected chi connectivity index (χ3v) is 6.36. The first-order chi connectivity index (χ1) is 9.16. The molecule has 3 rings (SSSR count). The minimum absolute atomic E-state index is 0.440. The lowest BCUT2D eigenvalue weighted by molar-refractivity contribution is 0.296. The highest BCUT2D eigenvalue weighted by molar-refractivity contribution is 7.89. The molecule has 1 saturated carbocycles. The van der Waals surface area contributed by atoms with Gasteiger partial charge in [-0.15, -0.1) is 0 Å². The van der Waals surface area contributed by atoms with Crippen LogP contribution in [0.25, 0.3) is 0 Å². The third-order valence-electron chi connectivity index (χ3n) is 4.51. The van der Waals surface area contributed by atoms with Gasteiger partial charge in [-0.3, -0.25) is 0 Å². The van der Waals surface area contributed by atoms with Gasteiger partial charge in [0.25, 0.3) is 0 Å². The molecule has 0 spiro atoms. The number of hydrogen-bond acceptors (Lipinski definition) is 2. The highest BCUT2D eigenvalue weighted by Gasteiger charge is 2.33. The van der Waals surface area contributed by atoms with E-state index in [1.807, 2.05) is 6.07 Å². The van der Waals surface area contributed by atoms with Crippen LogP contribution in [-0.4, -0.2) is 25.8 Å². The van der Waals surface area contributed by atoms with Crippen LogP contribution in [0.4, 0.5) is 0 Å². The topological polar surface area (TPSA) is 37.4 Å². The average molecular weight is 279 g/mol. The van der Waals surface area contributed by atoms with Crippen LogP contribution in [0, 0.1) is 11.8 Å². The van der Waals surface area contributed by atoms with Gasteiger partial charge in [0, 0.05) is 13.1 Å². The summed E-state index contributed by atoms with van der Waals surface area (Å²) in [5.41, 5.74) is 0. The molecule has 0 unspecified atom stereocenters. The summed E-state index contributed by atoms with van der Waals surface area (Å²) < 4.78 is 27.1. The van der Waals surface area contributed by atoms with Crippen molar-refractivity contribution in [3.63, 3.8) is 0 Å². The Morgan fingerprint density at radius 2 is 1.47 bits per heavy atom. The van der Waals surface area contributed by atoms with E-state index in [0.717, 1.165) is 0 Å². The van der Waals surface area contributed by atoms with Crippen LogP contribution in [0.2, 0.25) is 0 Å². The van der Waals surface area contributed by atoms with Gasteiger partial charge < -0.3 is 0 Å². The fourth-order valence-electron chi connectivity index (χ4n) is 3.41. The first-order valence-corrected chi connectivity index (χ1v) is 8.65. The predicted molar refractivity (Wildman–Crippen MR) is 75.3 cm³/mol. The van der Waals surface area contributed by atoms with Crippen molar-refractivity contribution in [3.8, 4) is 0 Å². The van der Waals surface area contributed by atoms with Crippen molar-refractivity contribution in [3.05, 3.63) is 30.3 Å². The van der Waals surface area contributed by atoms with Gasteiger partial charge in [-0.1, -0.05) is 24.6 Å². The molecular weight excluding hydrogens is 258 g/mol. The Balaban J connectivity index is 1.89. The maximum Gasteiger partial charge on any atom is 0.243 e. The molecule has 0 N–H and O–H groups in total. The molecule has 104 valence electrons. The summed E-state index contributed by atoms with van der Waals surface area (Å²) in [5, 5.41) is 0. The zero-order chi connectivity index (χ0) is 13.3. The lowest BCUT2D eigenvalue weighted by Gasteiger charge is -2.28. The number of sulfonamides is 1. The number of fused-ring (bicyclic) bond motifs is 3. The molecule has 1 aliphatic carbocycles. The molecule has 1 aromatic carbocycles. The molecule has 1 aliphatic heterocycles. The molecule has 4 heteroatoms. The van der Waals surface area contributed by atoms with Gasteiger partial charge in [-0.05, 0) is 49.7 Å². The Morgan fingerprint density at radius 1 is 0.895 bits per heavy atom. The normalized spacial score (nSPS) is 28.8. The number of benzene rings is 1. The van der Waals surface area contributed by atoms with E-state index in [1.165, 1.54) is 32.1 Å². The van der Waals surface area contributed by atoms with Gasteiger partial charge in [0.05, 0.1) is 4.90 Å². The smallest absolute Gasteiger partial charge is 0.207 e. The van der Waals surface area contributed by atoms with E-state index < -0.39 is 10.0 Å². The largest absolute Gasteiger partial charge is 0.243 e. The summed E-state index contributed by atoms with van der Waals surface area (Å²) >= 11 is 0. The van der Waals surface area contributed by atoms with Crippen molar-refractivity contribution < 1.29 is 8.42 Å². The molecule has 0 radical (unpaired) electrons. The molecular formula is C15H21NO2S. The molecule has 1 heterocycles. The quantitative estimate of drug-likeness (QED) is 0.835. The van der Waals surface area contributed by atoms with Gasteiger partial charge >= 0.3 is 0 Å². The van der Waals surface area contributed by atoms with Crippen LogP contribution in [0.1, 0.15) is 32.1 Å². The van der Waals surface area contributed by atoms with Crippen LogP contribution in [0.5, 0.6) is 0 Å².